The van der Waals surface area contributed by atoms with Gasteiger partial charge in [0.25, 0.3) is 5.91 Å². The van der Waals surface area contributed by atoms with Crippen molar-refractivity contribution in [1.29, 1.82) is 0 Å². The highest BCUT2D eigenvalue weighted by Gasteiger charge is 2.14. The van der Waals surface area contributed by atoms with E-state index in [9.17, 15) is 4.79 Å². The molecule has 0 aliphatic rings. The SMILES string of the molecule is CNC(=O)c1c(C)sc2cc(C)ccc12. The summed E-state index contributed by atoms with van der Waals surface area (Å²) in [5, 5.41) is 3.74. The van der Waals surface area contributed by atoms with E-state index in [0.29, 0.717) is 0 Å². The Labute approximate surface area is 92.9 Å². The van der Waals surface area contributed by atoms with Crippen molar-refractivity contribution >= 4 is 27.3 Å². The highest BCUT2D eigenvalue weighted by molar-refractivity contribution is 7.19. The van der Waals surface area contributed by atoms with Gasteiger partial charge in [-0.25, -0.2) is 0 Å². The highest BCUT2D eigenvalue weighted by atomic mass is 32.1. The van der Waals surface area contributed by atoms with Gasteiger partial charge in [0.2, 0.25) is 0 Å². The fourth-order valence-corrected chi connectivity index (χ4v) is 2.89. The molecule has 0 bridgehead atoms. The first kappa shape index (κ1) is 10.2. The molecule has 0 atom stereocenters. The maximum atomic E-state index is 11.7. The Bertz CT molecular complexity index is 528. The zero-order valence-electron chi connectivity index (χ0n) is 9.05. The molecule has 0 saturated carbocycles. The minimum absolute atomic E-state index is 0.00241. The van der Waals surface area contributed by atoms with Gasteiger partial charge in [-0.15, -0.1) is 11.3 Å². The topological polar surface area (TPSA) is 29.1 Å². The Morgan fingerprint density at radius 1 is 1.33 bits per heavy atom. The maximum Gasteiger partial charge on any atom is 0.252 e. The van der Waals surface area contributed by atoms with Gasteiger partial charge in [-0.1, -0.05) is 12.1 Å². The minimum Gasteiger partial charge on any atom is -0.355 e. The van der Waals surface area contributed by atoms with E-state index in [1.54, 1.807) is 18.4 Å². The summed E-state index contributed by atoms with van der Waals surface area (Å²) in [6.45, 7) is 4.05. The van der Waals surface area contributed by atoms with Gasteiger partial charge < -0.3 is 5.32 Å². The average Bonchev–Trinajstić information content (AvgIpc) is 2.52. The number of carbonyl (C=O) groups excluding carboxylic acids is 1. The normalized spacial score (nSPS) is 10.6. The molecule has 2 rings (SSSR count). The number of aryl methyl sites for hydroxylation is 2. The quantitative estimate of drug-likeness (QED) is 0.785. The summed E-state index contributed by atoms with van der Waals surface area (Å²) >= 11 is 1.68. The fourth-order valence-electron chi connectivity index (χ4n) is 1.73. The van der Waals surface area contributed by atoms with Crippen molar-refractivity contribution in [3.8, 4) is 0 Å². The van der Waals surface area contributed by atoms with E-state index in [1.165, 1.54) is 10.3 Å². The first-order valence-electron chi connectivity index (χ1n) is 4.85. The van der Waals surface area contributed by atoms with Crippen LogP contribution in [0.5, 0.6) is 0 Å². The van der Waals surface area contributed by atoms with Gasteiger partial charge in [-0.3, -0.25) is 4.79 Å². The van der Waals surface area contributed by atoms with Crippen molar-refractivity contribution in [3.05, 3.63) is 34.2 Å². The second-order valence-electron chi connectivity index (χ2n) is 3.61. The molecule has 0 unspecified atom stereocenters. The van der Waals surface area contributed by atoms with Crippen molar-refractivity contribution in [3.63, 3.8) is 0 Å². The van der Waals surface area contributed by atoms with Gasteiger partial charge in [-0.2, -0.15) is 0 Å². The van der Waals surface area contributed by atoms with Gasteiger partial charge in [0.1, 0.15) is 0 Å². The molecule has 78 valence electrons. The molecule has 2 aromatic rings. The maximum absolute atomic E-state index is 11.7. The second kappa shape index (κ2) is 3.66. The summed E-state index contributed by atoms with van der Waals surface area (Å²) in [4.78, 5) is 12.8. The molecule has 0 spiro atoms. The van der Waals surface area contributed by atoms with Crippen LogP contribution < -0.4 is 5.32 Å². The van der Waals surface area contributed by atoms with Crippen LogP contribution in [0.25, 0.3) is 10.1 Å². The molecule has 1 heterocycles. The lowest BCUT2D eigenvalue weighted by Crippen LogP contribution is -2.18. The van der Waals surface area contributed by atoms with Crippen molar-refractivity contribution in [2.45, 2.75) is 13.8 Å². The Morgan fingerprint density at radius 3 is 2.73 bits per heavy atom. The molecule has 0 aliphatic carbocycles. The zero-order valence-corrected chi connectivity index (χ0v) is 9.87. The van der Waals surface area contributed by atoms with Crippen LogP contribution in [0.3, 0.4) is 0 Å². The molecule has 3 heteroatoms. The fraction of sp³-hybridized carbons (Fsp3) is 0.250. The number of hydrogen-bond acceptors (Lipinski definition) is 2. The van der Waals surface area contributed by atoms with Gasteiger partial charge in [0.05, 0.1) is 5.56 Å². The number of thiophene rings is 1. The first-order chi connectivity index (χ1) is 7.13. The molecule has 15 heavy (non-hydrogen) atoms. The largest absolute Gasteiger partial charge is 0.355 e. The summed E-state index contributed by atoms with van der Waals surface area (Å²) in [7, 11) is 1.67. The number of rotatable bonds is 1. The van der Waals surface area contributed by atoms with Gasteiger partial charge in [-0.05, 0) is 25.5 Å². The van der Waals surface area contributed by atoms with Crippen LogP contribution in [-0.2, 0) is 0 Å². The van der Waals surface area contributed by atoms with Crippen LogP contribution in [0, 0.1) is 13.8 Å². The Balaban J connectivity index is 2.73. The third kappa shape index (κ3) is 1.63. The van der Waals surface area contributed by atoms with Crippen LogP contribution >= 0.6 is 11.3 Å². The standard InChI is InChI=1S/C12H13NOS/c1-7-4-5-9-10(6-7)15-8(2)11(9)12(14)13-3/h4-6H,1-3H3,(H,13,14). The Hall–Kier alpha value is -1.35. The third-order valence-corrected chi connectivity index (χ3v) is 3.54. The van der Waals surface area contributed by atoms with Crippen LogP contribution in [0.4, 0.5) is 0 Å². The molecule has 0 saturated heterocycles. The predicted molar refractivity (Wildman–Crippen MR) is 64.7 cm³/mol. The first-order valence-corrected chi connectivity index (χ1v) is 5.67. The van der Waals surface area contributed by atoms with Crippen LogP contribution in [0.2, 0.25) is 0 Å². The number of benzene rings is 1. The highest BCUT2D eigenvalue weighted by Crippen LogP contribution is 2.31. The number of hydrogen-bond donors (Lipinski definition) is 1. The number of amides is 1. The lowest BCUT2D eigenvalue weighted by atomic mass is 10.1. The second-order valence-corrected chi connectivity index (χ2v) is 4.87. The smallest absolute Gasteiger partial charge is 0.252 e. The van der Waals surface area contributed by atoms with Gasteiger partial charge in [0.15, 0.2) is 0 Å². The summed E-state index contributed by atoms with van der Waals surface area (Å²) < 4.78 is 1.19. The van der Waals surface area contributed by atoms with E-state index in [0.717, 1.165) is 15.8 Å². The lowest BCUT2D eigenvalue weighted by molar-refractivity contribution is 0.0964. The van der Waals surface area contributed by atoms with E-state index in [-0.39, 0.29) is 5.91 Å². The summed E-state index contributed by atoms with van der Waals surface area (Å²) in [5.74, 6) is 0.00241. The van der Waals surface area contributed by atoms with Crippen molar-refractivity contribution in [1.82, 2.24) is 5.32 Å². The van der Waals surface area contributed by atoms with Crippen LogP contribution in [-0.4, -0.2) is 13.0 Å². The van der Waals surface area contributed by atoms with E-state index in [4.69, 9.17) is 0 Å². The van der Waals surface area contributed by atoms with E-state index >= 15 is 0 Å². The van der Waals surface area contributed by atoms with Crippen molar-refractivity contribution in [2.24, 2.45) is 0 Å². The van der Waals surface area contributed by atoms with Crippen molar-refractivity contribution < 1.29 is 4.79 Å². The summed E-state index contributed by atoms with van der Waals surface area (Å²) in [6, 6.07) is 6.19. The summed E-state index contributed by atoms with van der Waals surface area (Å²) in [6.07, 6.45) is 0. The Kier molecular flexibility index (Phi) is 2.49. The summed E-state index contributed by atoms with van der Waals surface area (Å²) in [5.41, 5.74) is 2.05. The zero-order chi connectivity index (χ0) is 11.0. The molecule has 1 aromatic heterocycles. The average molecular weight is 219 g/mol. The number of nitrogens with one attached hydrogen (secondary N) is 1. The number of carbonyl (C=O) groups is 1. The molecule has 0 fully saturated rings. The molecule has 0 radical (unpaired) electrons. The molecule has 1 N–H and O–H groups in total. The molecule has 0 aliphatic heterocycles. The predicted octanol–water partition coefficient (Wildman–Crippen LogP) is 2.88. The molecule has 1 aromatic carbocycles. The molecular weight excluding hydrogens is 206 g/mol. The van der Waals surface area contributed by atoms with Gasteiger partial charge in [0, 0.05) is 22.0 Å². The molecule has 2 nitrogen and oxygen atoms in total. The van der Waals surface area contributed by atoms with E-state index in [1.807, 2.05) is 19.1 Å². The lowest BCUT2D eigenvalue weighted by Gasteiger charge is -1.99. The monoisotopic (exact) mass is 219 g/mol. The Morgan fingerprint density at radius 2 is 2.07 bits per heavy atom. The van der Waals surface area contributed by atoms with Crippen LogP contribution in [0.15, 0.2) is 18.2 Å². The van der Waals surface area contributed by atoms with Crippen molar-refractivity contribution in [2.75, 3.05) is 7.05 Å². The minimum atomic E-state index is 0.00241. The third-order valence-electron chi connectivity index (χ3n) is 2.48. The van der Waals surface area contributed by atoms with E-state index < -0.39 is 0 Å². The molecular formula is C12H13NOS. The van der Waals surface area contributed by atoms with E-state index in [2.05, 4.69) is 18.3 Å². The van der Waals surface area contributed by atoms with Crippen LogP contribution in [0.1, 0.15) is 20.8 Å². The number of fused-ring (bicyclic) bond motifs is 1. The molecule has 1 amide bonds. The van der Waals surface area contributed by atoms with Gasteiger partial charge >= 0.3 is 0 Å².